The van der Waals surface area contributed by atoms with Crippen LogP contribution in [-0.4, -0.2) is 59.3 Å². The third-order valence-electron chi connectivity index (χ3n) is 5.96. The molecule has 2 aromatic carbocycles. The van der Waals surface area contributed by atoms with Gasteiger partial charge in [-0.1, -0.05) is 30.3 Å². The number of carbonyl (C=O) groups is 1. The third-order valence-corrected chi connectivity index (χ3v) is 5.96. The third kappa shape index (κ3) is 6.33. The molecule has 1 amide bonds. The first-order valence-corrected chi connectivity index (χ1v) is 11.1. The molecule has 1 aliphatic heterocycles. The minimum Gasteiger partial charge on any atom is -0.497 e. The van der Waals surface area contributed by atoms with Gasteiger partial charge in [-0.2, -0.15) is 0 Å². The van der Waals surface area contributed by atoms with Crippen molar-refractivity contribution >= 4 is 36.9 Å². The Morgan fingerprint density at radius 1 is 0.971 bits per heavy atom. The molecule has 0 saturated carbocycles. The van der Waals surface area contributed by atoms with Crippen LogP contribution in [0.25, 0.3) is 0 Å². The van der Waals surface area contributed by atoms with E-state index >= 15 is 0 Å². The molecule has 0 radical (unpaired) electrons. The lowest BCUT2D eigenvalue weighted by Crippen LogP contribution is -2.45. The van der Waals surface area contributed by atoms with Gasteiger partial charge in [0.1, 0.15) is 5.75 Å². The molecule has 3 N–H and O–H groups in total. The maximum absolute atomic E-state index is 11.5. The molecule has 1 aliphatic rings. The molecule has 34 heavy (non-hydrogen) atoms. The Bertz CT molecular complexity index is 956. The van der Waals surface area contributed by atoms with E-state index < -0.39 is 37.1 Å². The molecule has 10 heteroatoms. The number of ether oxygens (including phenoxy) is 1. The second-order valence-electron chi connectivity index (χ2n) is 10.1. The maximum atomic E-state index is 11.5. The fraction of sp³-hybridized carbons (Fsp3) is 0.458. The standard InChI is InChI=1S/C17H26BNO4.C7H9BO3/c1-15(2,3)19(14(20)21)13-10-8-12(9-11-13)18-22-16(4,5)17(6,7)23-18;1-11-7-5-3-2-4-6(7)8(9)10/h8-11H,1-7H3,(H,20,21);2-5,9-10H,1H3. The normalized spacial score (nSPS) is 16.4. The van der Waals surface area contributed by atoms with Gasteiger partial charge in [-0.15, -0.1) is 0 Å². The Morgan fingerprint density at radius 2 is 1.47 bits per heavy atom. The zero-order chi connectivity index (χ0) is 25.9. The summed E-state index contributed by atoms with van der Waals surface area (Å²) in [7, 11) is -0.422. The summed E-state index contributed by atoms with van der Waals surface area (Å²) in [5.41, 5.74) is 0.591. The highest BCUT2D eigenvalue weighted by atomic mass is 16.7. The van der Waals surface area contributed by atoms with Gasteiger partial charge >= 0.3 is 20.3 Å². The molecule has 0 unspecified atom stereocenters. The average molecular weight is 471 g/mol. The summed E-state index contributed by atoms with van der Waals surface area (Å²) in [4.78, 5) is 12.9. The number of para-hydroxylation sites is 1. The van der Waals surface area contributed by atoms with Gasteiger partial charge in [-0.05, 0) is 72.1 Å². The summed E-state index contributed by atoms with van der Waals surface area (Å²) in [5.74, 6) is 0.488. The zero-order valence-corrected chi connectivity index (χ0v) is 21.2. The number of methoxy groups -OCH3 is 1. The summed E-state index contributed by atoms with van der Waals surface area (Å²) in [6.07, 6.45) is -0.971. The van der Waals surface area contributed by atoms with Gasteiger partial charge in [-0.25, -0.2) is 4.79 Å². The van der Waals surface area contributed by atoms with Crippen LogP contribution in [0.3, 0.4) is 0 Å². The van der Waals surface area contributed by atoms with Crippen molar-refractivity contribution in [2.75, 3.05) is 12.0 Å². The highest BCUT2D eigenvalue weighted by Crippen LogP contribution is 2.36. The maximum Gasteiger partial charge on any atom is 0.494 e. The van der Waals surface area contributed by atoms with Gasteiger partial charge in [0.05, 0.1) is 18.3 Å². The highest BCUT2D eigenvalue weighted by Gasteiger charge is 2.51. The highest BCUT2D eigenvalue weighted by molar-refractivity contribution is 6.62. The van der Waals surface area contributed by atoms with Crippen molar-refractivity contribution < 1.29 is 34.0 Å². The molecular formula is C24H35B2NO7. The minimum atomic E-state index is -1.47. The van der Waals surface area contributed by atoms with E-state index in [1.165, 1.54) is 12.0 Å². The topological polar surface area (TPSA) is 109 Å². The van der Waals surface area contributed by atoms with E-state index in [-0.39, 0.29) is 0 Å². The van der Waals surface area contributed by atoms with Crippen LogP contribution in [-0.2, 0) is 9.31 Å². The molecule has 1 saturated heterocycles. The van der Waals surface area contributed by atoms with Crippen molar-refractivity contribution in [2.24, 2.45) is 0 Å². The van der Waals surface area contributed by atoms with Crippen molar-refractivity contribution in [3.63, 3.8) is 0 Å². The first-order valence-electron chi connectivity index (χ1n) is 11.1. The Hall–Kier alpha value is -2.52. The average Bonchev–Trinajstić information content (AvgIpc) is 2.94. The number of rotatable bonds is 4. The van der Waals surface area contributed by atoms with Crippen molar-refractivity contribution in [2.45, 2.75) is 65.2 Å². The predicted molar refractivity (Wildman–Crippen MR) is 135 cm³/mol. The molecular weight excluding hydrogens is 436 g/mol. The number of carboxylic acid groups (broad SMARTS) is 1. The minimum absolute atomic E-state index is 0.384. The first kappa shape index (κ1) is 27.7. The van der Waals surface area contributed by atoms with E-state index in [0.29, 0.717) is 16.9 Å². The van der Waals surface area contributed by atoms with E-state index in [1.807, 2.05) is 60.6 Å². The molecule has 0 atom stereocenters. The largest absolute Gasteiger partial charge is 0.497 e. The van der Waals surface area contributed by atoms with Crippen LogP contribution in [0.2, 0.25) is 0 Å². The molecule has 8 nitrogen and oxygen atoms in total. The SMILES string of the molecule is CC(C)(C)N(C(=O)O)c1ccc(B2OC(C)(C)C(C)(C)O2)cc1.COc1ccccc1B(O)O. The fourth-order valence-electron chi connectivity index (χ4n) is 3.42. The molecule has 0 bridgehead atoms. The summed E-state index contributed by atoms with van der Waals surface area (Å²) >= 11 is 0. The van der Waals surface area contributed by atoms with Gasteiger partial charge in [0.2, 0.25) is 0 Å². The van der Waals surface area contributed by atoms with Crippen molar-refractivity contribution in [1.82, 2.24) is 0 Å². The number of hydrogen-bond donors (Lipinski definition) is 3. The van der Waals surface area contributed by atoms with Crippen LogP contribution in [0.15, 0.2) is 48.5 Å². The van der Waals surface area contributed by atoms with Crippen LogP contribution < -0.4 is 20.6 Å². The van der Waals surface area contributed by atoms with Crippen LogP contribution in [0, 0.1) is 0 Å². The van der Waals surface area contributed by atoms with Crippen LogP contribution >= 0.6 is 0 Å². The second kappa shape index (κ2) is 10.4. The summed E-state index contributed by atoms with van der Waals surface area (Å²) in [6, 6.07) is 14.1. The number of anilines is 1. The first-order chi connectivity index (χ1) is 15.6. The number of amides is 1. The Kier molecular flexibility index (Phi) is 8.48. The monoisotopic (exact) mass is 471 g/mol. The van der Waals surface area contributed by atoms with E-state index in [1.54, 1.807) is 36.4 Å². The second-order valence-corrected chi connectivity index (χ2v) is 10.1. The number of benzene rings is 2. The Morgan fingerprint density at radius 3 is 1.85 bits per heavy atom. The van der Waals surface area contributed by atoms with Gasteiger partial charge in [-0.3, -0.25) is 4.90 Å². The van der Waals surface area contributed by atoms with Gasteiger partial charge < -0.3 is 29.2 Å². The summed E-state index contributed by atoms with van der Waals surface area (Å²) < 4.78 is 16.9. The van der Waals surface area contributed by atoms with Crippen LogP contribution in [0.4, 0.5) is 10.5 Å². The summed E-state index contributed by atoms with van der Waals surface area (Å²) in [5, 5.41) is 27.1. The quantitative estimate of drug-likeness (QED) is 0.589. The van der Waals surface area contributed by atoms with Crippen LogP contribution in [0.5, 0.6) is 5.75 Å². The molecule has 2 aromatic rings. The molecule has 1 heterocycles. The lowest BCUT2D eigenvalue weighted by atomic mass is 9.79. The van der Waals surface area contributed by atoms with E-state index in [9.17, 15) is 9.90 Å². The Balaban J connectivity index is 0.000000310. The lowest BCUT2D eigenvalue weighted by Gasteiger charge is -2.33. The molecule has 0 spiro atoms. The molecule has 1 fully saturated rings. The van der Waals surface area contributed by atoms with E-state index in [4.69, 9.17) is 24.1 Å². The number of hydrogen-bond acceptors (Lipinski definition) is 6. The van der Waals surface area contributed by atoms with Crippen LogP contribution in [0.1, 0.15) is 48.5 Å². The molecule has 0 aromatic heterocycles. The smallest absolute Gasteiger partial charge is 0.494 e. The van der Waals surface area contributed by atoms with E-state index in [0.717, 1.165) is 5.46 Å². The zero-order valence-electron chi connectivity index (χ0n) is 21.2. The fourth-order valence-corrected chi connectivity index (χ4v) is 3.42. The van der Waals surface area contributed by atoms with Crippen molar-refractivity contribution in [3.8, 4) is 5.75 Å². The summed E-state index contributed by atoms with van der Waals surface area (Å²) in [6.45, 7) is 13.6. The van der Waals surface area contributed by atoms with Gasteiger partial charge in [0.15, 0.2) is 0 Å². The Labute approximate surface area is 202 Å². The predicted octanol–water partition coefficient (Wildman–Crippen LogP) is 2.64. The lowest BCUT2D eigenvalue weighted by molar-refractivity contribution is 0.00578. The van der Waals surface area contributed by atoms with Gasteiger partial charge in [0, 0.05) is 16.7 Å². The molecule has 184 valence electrons. The molecule has 0 aliphatic carbocycles. The van der Waals surface area contributed by atoms with Gasteiger partial charge in [0.25, 0.3) is 0 Å². The molecule has 3 rings (SSSR count). The van der Waals surface area contributed by atoms with Crippen molar-refractivity contribution in [1.29, 1.82) is 0 Å². The van der Waals surface area contributed by atoms with E-state index in [2.05, 4.69) is 0 Å². The number of nitrogens with zero attached hydrogens (tertiary/aromatic N) is 1. The van der Waals surface area contributed by atoms with Crippen molar-refractivity contribution in [3.05, 3.63) is 48.5 Å².